The van der Waals surface area contributed by atoms with Gasteiger partial charge in [-0.3, -0.25) is 4.99 Å². The number of aliphatic imine (C=N–C) groups is 1. The van der Waals surface area contributed by atoms with Gasteiger partial charge < -0.3 is 0 Å². The standard InChI is InChI=1S/C8H16N/c1-3-5-6-8-9-7-4-2/h8H,1,3-7H2,2H3. The summed E-state index contributed by atoms with van der Waals surface area (Å²) in [6.45, 7) is 6.86. The predicted molar refractivity (Wildman–Crippen MR) is 42.9 cm³/mol. The highest BCUT2D eigenvalue weighted by atomic mass is 14.7. The summed E-state index contributed by atoms with van der Waals surface area (Å²) in [5.41, 5.74) is 0. The third-order valence-electron chi connectivity index (χ3n) is 1.07. The van der Waals surface area contributed by atoms with Crippen molar-refractivity contribution >= 4 is 6.21 Å². The molecule has 0 fully saturated rings. The van der Waals surface area contributed by atoms with Crippen molar-refractivity contribution in [1.82, 2.24) is 0 Å². The van der Waals surface area contributed by atoms with Crippen molar-refractivity contribution in [1.29, 1.82) is 0 Å². The maximum atomic E-state index is 4.17. The third-order valence-corrected chi connectivity index (χ3v) is 1.07. The first-order chi connectivity index (χ1) is 4.41. The summed E-state index contributed by atoms with van der Waals surface area (Å²) >= 11 is 0. The minimum absolute atomic E-state index is 0.983. The van der Waals surface area contributed by atoms with Crippen LogP contribution >= 0.6 is 0 Å². The molecule has 1 nitrogen and oxygen atoms in total. The molecule has 1 heteroatoms. The van der Waals surface area contributed by atoms with Crippen molar-refractivity contribution in [3.63, 3.8) is 0 Å². The van der Waals surface area contributed by atoms with Crippen LogP contribution in [0.2, 0.25) is 0 Å². The first kappa shape index (κ1) is 8.67. The van der Waals surface area contributed by atoms with Crippen molar-refractivity contribution < 1.29 is 0 Å². The van der Waals surface area contributed by atoms with Crippen LogP contribution in [-0.2, 0) is 0 Å². The molecule has 0 atom stereocenters. The highest BCUT2D eigenvalue weighted by Gasteiger charge is 1.77. The van der Waals surface area contributed by atoms with Crippen molar-refractivity contribution in [2.45, 2.75) is 32.6 Å². The molecule has 0 spiro atoms. The molecule has 1 radical (unpaired) electrons. The largest absolute Gasteiger partial charge is 0.298 e. The summed E-state index contributed by atoms with van der Waals surface area (Å²) < 4.78 is 0. The minimum Gasteiger partial charge on any atom is -0.298 e. The van der Waals surface area contributed by atoms with Crippen LogP contribution in [0.3, 0.4) is 0 Å². The van der Waals surface area contributed by atoms with Gasteiger partial charge in [0.15, 0.2) is 0 Å². The molecule has 0 aliphatic heterocycles. The Morgan fingerprint density at radius 1 is 1.56 bits per heavy atom. The van der Waals surface area contributed by atoms with Crippen LogP contribution in [0.4, 0.5) is 0 Å². The van der Waals surface area contributed by atoms with E-state index >= 15 is 0 Å². The molecular formula is C8H16N. The van der Waals surface area contributed by atoms with Gasteiger partial charge in [-0.25, -0.2) is 0 Å². The molecule has 0 bridgehead atoms. The second kappa shape index (κ2) is 7.67. The smallest absolute Gasteiger partial charge is 0.0382 e. The fourth-order valence-electron chi connectivity index (χ4n) is 0.547. The van der Waals surface area contributed by atoms with Crippen molar-refractivity contribution in [2.75, 3.05) is 6.54 Å². The Balaban J connectivity index is 2.86. The van der Waals surface area contributed by atoms with Gasteiger partial charge >= 0.3 is 0 Å². The lowest BCUT2D eigenvalue weighted by Crippen LogP contribution is -1.79. The quantitative estimate of drug-likeness (QED) is 0.396. The molecule has 0 saturated heterocycles. The van der Waals surface area contributed by atoms with Crippen LogP contribution in [0.15, 0.2) is 4.99 Å². The van der Waals surface area contributed by atoms with E-state index < -0.39 is 0 Å². The fraction of sp³-hybridized carbons (Fsp3) is 0.750. The van der Waals surface area contributed by atoms with E-state index in [2.05, 4.69) is 18.8 Å². The maximum absolute atomic E-state index is 4.17. The molecule has 0 rings (SSSR count). The van der Waals surface area contributed by atoms with Gasteiger partial charge in [0.2, 0.25) is 0 Å². The molecule has 0 amide bonds. The van der Waals surface area contributed by atoms with Crippen LogP contribution in [0.5, 0.6) is 0 Å². The normalized spacial score (nSPS) is 10.9. The summed E-state index contributed by atoms with van der Waals surface area (Å²) in [6.07, 6.45) is 6.46. The van der Waals surface area contributed by atoms with Gasteiger partial charge in [-0.1, -0.05) is 20.3 Å². The molecule has 0 aromatic rings. The Hall–Kier alpha value is -0.330. The lowest BCUT2D eigenvalue weighted by molar-refractivity contribution is 0.883. The van der Waals surface area contributed by atoms with E-state index in [4.69, 9.17) is 0 Å². The van der Waals surface area contributed by atoms with Gasteiger partial charge in [-0.2, -0.15) is 0 Å². The zero-order valence-corrected chi connectivity index (χ0v) is 6.27. The lowest BCUT2D eigenvalue weighted by atomic mass is 10.3. The Morgan fingerprint density at radius 3 is 2.89 bits per heavy atom. The first-order valence-electron chi connectivity index (χ1n) is 3.69. The van der Waals surface area contributed by atoms with Crippen LogP contribution in [0, 0.1) is 6.92 Å². The summed E-state index contributed by atoms with van der Waals surface area (Å²) in [6, 6.07) is 0. The summed E-state index contributed by atoms with van der Waals surface area (Å²) in [7, 11) is 0. The van der Waals surface area contributed by atoms with Gasteiger partial charge in [0, 0.05) is 6.54 Å². The molecule has 0 aliphatic carbocycles. The van der Waals surface area contributed by atoms with Crippen molar-refractivity contribution in [2.24, 2.45) is 4.99 Å². The number of rotatable bonds is 5. The number of hydrogen-bond acceptors (Lipinski definition) is 1. The average molecular weight is 126 g/mol. The van der Waals surface area contributed by atoms with Gasteiger partial charge in [-0.15, -0.1) is 0 Å². The van der Waals surface area contributed by atoms with E-state index in [1.54, 1.807) is 0 Å². The molecule has 0 saturated carbocycles. The van der Waals surface area contributed by atoms with E-state index in [1.165, 1.54) is 6.42 Å². The Bertz CT molecular complexity index is 67.0. The van der Waals surface area contributed by atoms with Gasteiger partial charge in [0.1, 0.15) is 0 Å². The molecular weight excluding hydrogens is 110 g/mol. The summed E-state index contributed by atoms with van der Waals surface area (Å²) in [4.78, 5) is 4.17. The van der Waals surface area contributed by atoms with E-state index in [0.717, 1.165) is 25.8 Å². The van der Waals surface area contributed by atoms with Gasteiger partial charge in [-0.05, 0) is 25.5 Å². The second-order valence-electron chi connectivity index (χ2n) is 2.08. The number of unbranched alkanes of at least 4 members (excludes halogenated alkanes) is 2. The molecule has 0 aromatic carbocycles. The Labute approximate surface area is 58.2 Å². The fourth-order valence-corrected chi connectivity index (χ4v) is 0.547. The minimum atomic E-state index is 0.983. The molecule has 9 heavy (non-hydrogen) atoms. The zero-order chi connectivity index (χ0) is 6.95. The predicted octanol–water partition coefficient (Wildman–Crippen LogP) is 2.47. The lowest BCUT2D eigenvalue weighted by Gasteiger charge is -1.87. The number of hydrogen-bond donors (Lipinski definition) is 0. The van der Waals surface area contributed by atoms with Gasteiger partial charge in [0.05, 0.1) is 0 Å². The summed E-state index contributed by atoms with van der Waals surface area (Å²) in [5, 5.41) is 0. The van der Waals surface area contributed by atoms with E-state index in [-0.39, 0.29) is 0 Å². The maximum Gasteiger partial charge on any atom is 0.0382 e. The second-order valence-corrected chi connectivity index (χ2v) is 2.08. The molecule has 53 valence electrons. The van der Waals surface area contributed by atoms with Crippen LogP contribution < -0.4 is 0 Å². The number of nitrogens with zero attached hydrogens (tertiary/aromatic N) is 1. The molecule has 0 heterocycles. The van der Waals surface area contributed by atoms with E-state index in [0.29, 0.717) is 0 Å². The van der Waals surface area contributed by atoms with Crippen molar-refractivity contribution in [3.05, 3.63) is 6.92 Å². The average Bonchev–Trinajstić information content (AvgIpc) is 1.89. The van der Waals surface area contributed by atoms with E-state index in [1.807, 2.05) is 6.21 Å². The molecule has 0 aliphatic rings. The highest BCUT2D eigenvalue weighted by Crippen LogP contribution is 1.89. The van der Waals surface area contributed by atoms with Crippen molar-refractivity contribution in [3.8, 4) is 0 Å². The topological polar surface area (TPSA) is 12.4 Å². The Kier molecular flexibility index (Phi) is 7.39. The zero-order valence-electron chi connectivity index (χ0n) is 6.27. The third kappa shape index (κ3) is 7.67. The summed E-state index contributed by atoms with van der Waals surface area (Å²) in [5.74, 6) is 0. The SMILES string of the molecule is [CH2]CCCC=NCCC. The first-order valence-corrected chi connectivity index (χ1v) is 3.69. The van der Waals surface area contributed by atoms with Crippen LogP contribution in [0.25, 0.3) is 0 Å². The van der Waals surface area contributed by atoms with Crippen LogP contribution in [0.1, 0.15) is 32.6 Å². The Morgan fingerprint density at radius 2 is 2.33 bits per heavy atom. The highest BCUT2D eigenvalue weighted by molar-refractivity contribution is 5.56. The molecule has 0 unspecified atom stereocenters. The van der Waals surface area contributed by atoms with Gasteiger partial charge in [0.25, 0.3) is 0 Å². The van der Waals surface area contributed by atoms with Crippen LogP contribution in [-0.4, -0.2) is 12.8 Å². The van der Waals surface area contributed by atoms with E-state index in [9.17, 15) is 0 Å². The monoisotopic (exact) mass is 126 g/mol. The molecule has 0 aromatic heterocycles. The molecule has 0 N–H and O–H groups in total.